The first-order valence-corrected chi connectivity index (χ1v) is 11.9. The number of carbonyl (C=O) groups excluding carboxylic acids is 1. The first-order valence-electron chi connectivity index (χ1n) is 10.0. The fraction of sp³-hybridized carbons (Fsp3) is 0.409. The van der Waals surface area contributed by atoms with Crippen LogP contribution in [0, 0.1) is 0 Å². The van der Waals surface area contributed by atoms with E-state index in [0.717, 1.165) is 30.4 Å². The van der Waals surface area contributed by atoms with Gasteiger partial charge in [-0.1, -0.05) is 42.8 Å². The Balaban J connectivity index is 1.55. The maximum Gasteiger partial charge on any atom is 0.243 e. The average molecular weight is 435 g/mol. The van der Waals surface area contributed by atoms with Crippen molar-refractivity contribution < 1.29 is 13.2 Å². The van der Waals surface area contributed by atoms with Crippen LogP contribution in [0.3, 0.4) is 0 Å². The van der Waals surface area contributed by atoms with Gasteiger partial charge in [0.05, 0.1) is 10.9 Å². The standard InChI is InChI=1S/C22H27ClN2O3S/c1-2-21(18-8-10-19(23)11-9-18)24-22(26)14-7-17-5-12-20(13-6-17)29(27,28)25-15-3-4-16-25/h5-6,8-13,21H,2-4,7,14-16H2,1H3,(H,24,26). The van der Waals surface area contributed by atoms with Crippen molar-refractivity contribution in [3.8, 4) is 0 Å². The summed E-state index contributed by atoms with van der Waals surface area (Å²) in [6.07, 6.45) is 3.54. The van der Waals surface area contributed by atoms with Gasteiger partial charge in [0.1, 0.15) is 0 Å². The van der Waals surface area contributed by atoms with Crippen molar-refractivity contribution in [2.45, 2.75) is 50.0 Å². The van der Waals surface area contributed by atoms with E-state index in [9.17, 15) is 13.2 Å². The van der Waals surface area contributed by atoms with Crippen LogP contribution in [0.1, 0.15) is 49.8 Å². The number of hydrogen-bond donors (Lipinski definition) is 1. The Morgan fingerprint density at radius 3 is 2.28 bits per heavy atom. The van der Waals surface area contributed by atoms with Crippen LogP contribution in [0.15, 0.2) is 53.4 Å². The Labute approximate surface area is 178 Å². The minimum atomic E-state index is -3.40. The van der Waals surface area contributed by atoms with Crippen LogP contribution in [-0.4, -0.2) is 31.7 Å². The second-order valence-electron chi connectivity index (χ2n) is 7.34. The molecule has 2 aromatic carbocycles. The molecule has 5 nitrogen and oxygen atoms in total. The smallest absolute Gasteiger partial charge is 0.243 e. The molecule has 0 aliphatic carbocycles. The van der Waals surface area contributed by atoms with Crippen LogP contribution in [-0.2, 0) is 21.2 Å². The molecule has 156 valence electrons. The monoisotopic (exact) mass is 434 g/mol. The van der Waals surface area contributed by atoms with Gasteiger partial charge < -0.3 is 5.32 Å². The maximum atomic E-state index is 12.6. The molecule has 0 aromatic heterocycles. The van der Waals surface area contributed by atoms with Crippen LogP contribution in [0.4, 0.5) is 0 Å². The van der Waals surface area contributed by atoms with Crippen LogP contribution >= 0.6 is 11.6 Å². The number of halogens is 1. The molecular formula is C22H27ClN2O3S. The fourth-order valence-electron chi connectivity index (χ4n) is 3.55. The van der Waals surface area contributed by atoms with E-state index < -0.39 is 10.0 Å². The van der Waals surface area contributed by atoms with Crippen molar-refractivity contribution in [1.82, 2.24) is 9.62 Å². The number of sulfonamides is 1. The summed E-state index contributed by atoms with van der Waals surface area (Å²) in [6.45, 7) is 3.21. The lowest BCUT2D eigenvalue weighted by Crippen LogP contribution is -2.28. The highest BCUT2D eigenvalue weighted by molar-refractivity contribution is 7.89. The van der Waals surface area contributed by atoms with Crippen LogP contribution in [0.2, 0.25) is 5.02 Å². The number of aryl methyl sites for hydroxylation is 1. The molecule has 0 spiro atoms. The summed E-state index contributed by atoms with van der Waals surface area (Å²) >= 11 is 5.93. The first kappa shape index (κ1) is 21.8. The third-order valence-electron chi connectivity index (χ3n) is 5.28. The molecule has 0 bridgehead atoms. The molecule has 2 aromatic rings. The molecule has 1 atom stereocenters. The van der Waals surface area contributed by atoms with Gasteiger partial charge in [0.2, 0.25) is 15.9 Å². The number of benzene rings is 2. The summed E-state index contributed by atoms with van der Waals surface area (Å²) in [5.74, 6) is -0.0273. The highest BCUT2D eigenvalue weighted by Gasteiger charge is 2.26. The predicted molar refractivity (Wildman–Crippen MR) is 115 cm³/mol. The summed E-state index contributed by atoms with van der Waals surface area (Å²) in [7, 11) is -3.40. The lowest BCUT2D eigenvalue weighted by molar-refractivity contribution is -0.121. The number of hydrogen-bond acceptors (Lipinski definition) is 3. The summed E-state index contributed by atoms with van der Waals surface area (Å²) < 4.78 is 26.7. The van der Waals surface area contributed by atoms with Crippen molar-refractivity contribution in [3.63, 3.8) is 0 Å². The molecule has 29 heavy (non-hydrogen) atoms. The lowest BCUT2D eigenvalue weighted by atomic mass is 10.0. The Hall–Kier alpha value is -1.89. The van der Waals surface area contributed by atoms with Gasteiger partial charge in [-0.05, 0) is 61.1 Å². The van der Waals surface area contributed by atoms with Crippen LogP contribution < -0.4 is 5.32 Å². The van der Waals surface area contributed by atoms with Crippen LogP contribution in [0.5, 0.6) is 0 Å². The van der Waals surface area contributed by atoms with E-state index >= 15 is 0 Å². The predicted octanol–water partition coefficient (Wildman–Crippen LogP) is 4.32. The number of amides is 1. The van der Waals surface area contributed by atoms with Gasteiger partial charge in [-0.3, -0.25) is 4.79 Å². The number of rotatable bonds is 8. The normalized spacial score (nSPS) is 15.9. The molecule has 1 amide bonds. The number of carbonyl (C=O) groups is 1. The topological polar surface area (TPSA) is 66.5 Å². The van der Waals surface area contributed by atoms with E-state index in [1.807, 2.05) is 31.2 Å². The Kier molecular flexibility index (Phi) is 7.33. The van der Waals surface area contributed by atoms with E-state index in [4.69, 9.17) is 11.6 Å². The molecule has 1 heterocycles. The van der Waals surface area contributed by atoms with Gasteiger partial charge in [0, 0.05) is 24.5 Å². The third-order valence-corrected chi connectivity index (χ3v) is 7.45. The quantitative estimate of drug-likeness (QED) is 0.672. The van der Waals surface area contributed by atoms with Crippen molar-refractivity contribution in [2.24, 2.45) is 0 Å². The zero-order chi connectivity index (χ0) is 20.9. The van der Waals surface area contributed by atoms with E-state index in [1.54, 1.807) is 24.3 Å². The van der Waals surface area contributed by atoms with Crippen molar-refractivity contribution in [1.29, 1.82) is 0 Å². The minimum absolute atomic E-state index is 0.0273. The largest absolute Gasteiger partial charge is 0.349 e. The average Bonchev–Trinajstić information content (AvgIpc) is 3.27. The molecule has 0 radical (unpaired) electrons. The van der Waals surface area contributed by atoms with Gasteiger partial charge in [-0.2, -0.15) is 4.31 Å². The first-order chi connectivity index (χ1) is 13.9. The van der Waals surface area contributed by atoms with Gasteiger partial charge in [0.25, 0.3) is 0 Å². The Bertz CT molecular complexity index is 922. The van der Waals surface area contributed by atoms with Crippen molar-refractivity contribution >= 4 is 27.5 Å². The third kappa shape index (κ3) is 5.59. The maximum absolute atomic E-state index is 12.6. The molecule has 1 fully saturated rings. The molecule has 1 saturated heterocycles. The molecule has 1 unspecified atom stereocenters. The lowest BCUT2D eigenvalue weighted by Gasteiger charge is -2.18. The highest BCUT2D eigenvalue weighted by Crippen LogP contribution is 2.22. The Morgan fingerprint density at radius 1 is 1.07 bits per heavy atom. The fourth-order valence-corrected chi connectivity index (χ4v) is 5.19. The molecule has 1 aliphatic rings. The zero-order valence-electron chi connectivity index (χ0n) is 16.6. The minimum Gasteiger partial charge on any atom is -0.349 e. The molecule has 1 N–H and O–H groups in total. The SMILES string of the molecule is CCC(NC(=O)CCc1ccc(S(=O)(=O)N2CCCC2)cc1)c1ccc(Cl)cc1. The van der Waals surface area contributed by atoms with Gasteiger partial charge in [0.15, 0.2) is 0 Å². The van der Waals surface area contributed by atoms with Gasteiger partial charge >= 0.3 is 0 Å². The summed E-state index contributed by atoms with van der Waals surface area (Å²) in [5, 5.41) is 3.73. The molecule has 1 aliphatic heterocycles. The van der Waals surface area contributed by atoms with E-state index in [0.29, 0.717) is 35.8 Å². The number of nitrogens with one attached hydrogen (secondary N) is 1. The van der Waals surface area contributed by atoms with E-state index in [2.05, 4.69) is 5.32 Å². The number of nitrogens with zero attached hydrogens (tertiary/aromatic N) is 1. The summed E-state index contributed by atoms with van der Waals surface area (Å²) in [6, 6.07) is 14.3. The summed E-state index contributed by atoms with van der Waals surface area (Å²) in [4.78, 5) is 12.7. The van der Waals surface area contributed by atoms with E-state index in [-0.39, 0.29) is 11.9 Å². The second-order valence-corrected chi connectivity index (χ2v) is 9.71. The van der Waals surface area contributed by atoms with Gasteiger partial charge in [-0.25, -0.2) is 8.42 Å². The zero-order valence-corrected chi connectivity index (χ0v) is 18.2. The highest BCUT2D eigenvalue weighted by atomic mass is 35.5. The van der Waals surface area contributed by atoms with Crippen LogP contribution in [0.25, 0.3) is 0 Å². The molecule has 3 rings (SSSR count). The molecule has 0 saturated carbocycles. The second kappa shape index (κ2) is 9.74. The molecule has 7 heteroatoms. The Morgan fingerprint density at radius 2 is 1.69 bits per heavy atom. The van der Waals surface area contributed by atoms with Crippen molar-refractivity contribution in [2.75, 3.05) is 13.1 Å². The summed E-state index contributed by atoms with van der Waals surface area (Å²) in [5.41, 5.74) is 1.97. The van der Waals surface area contributed by atoms with Crippen molar-refractivity contribution in [3.05, 3.63) is 64.7 Å². The molecular weight excluding hydrogens is 408 g/mol. The van der Waals surface area contributed by atoms with Gasteiger partial charge in [-0.15, -0.1) is 0 Å². The van der Waals surface area contributed by atoms with E-state index in [1.165, 1.54) is 4.31 Å².